The van der Waals surface area contributed by atoms with E-state index in [1.165, 1.54) is 5.56 Å². The standard InChI is InChI=1S/C17H20BrN3O3/c18-13-3-1-11(2-4-13)12-7-21(8-12)17(23)20-6-5-15-14(9-20)19-16(22)10-24-15/h1-4,12,14-15H,5-10H2,(H,19,22). The number of amides is 3. The van der Waals surface area contributed by atoms with Crippen molar-refractivity contribution in [3.8, 4) is 0 Å². The SMILES string of the molecule is O=C1COC2CCN(C(=O)N3CC(c4ccc(Br)cc4)C3)CC2N1. The van der Waals surface area contributed by atoms with Crippen molar-refractivity contribution in [2.45, 2.75) is 24.5 Å². The Morgan fingerprint density at radius 3 is 2.67 bits per heavy atom. The molecule has 3 fully saturated rings. The molecule has 0 saturated carbocycles. The molecule has 3 aliphatic rings. The molecule has 24 heavy (non-hydrogen) atoms. The van der Waals surface area contributed by atoms with Gasteiger partial charge in [-0.1, -0.05) is 28.1 Å². The number of fused-ring (bicyclic) bond motifs is 1. The molecule has 3 heterocycles. The molecule has 3 saturated heterocycles. The first-order valence-corrected chi connectivity index (χ1v) is 9.10. The third kappa shape index (κ3) is 3.02. The first kappa shape index (κ1) is 15.9. The van der Waals surface area contributed by atoms with Crippen molar-refractivity contribution in [3.05, 3.63) is 34.3 Å². The molecule has 0 bridgehead atoms. The lowest BCUT2D eigenvalue weighted by Gasteiger charge is -2.46. The minimum atomic E-state index is -0.0928. The number of morpholine rings is 1. The number of urea groups is 1. The molecule has 0 aliphatic carbocycles. The van der Waals surface area contributed by atoms with Crippen LogP contribution in [0.1, 0.15) is 17.9 Å². The van der Waals surface area contributed by atoms with Crippen LogP contribution in [-0.2, 0) is 9.53 Å². The molecule has 2 unspecified atom stereocenters. The lowest BCUT2D eigenvalue weighted by Crippen LogP contribution is -2.63. The Labute approximate surface area is 149 Å². The maximum absolute atomic E-state index is 12.7. The van der Waals surface area contributed by atoms with Gasteiger partial charge in [0.05, 0.1) is 12.1 Å². The highest BCUT2D eigenvalue weighted by atomic mass is 79.9. The van der Waals surface area contributed by atoms with E-state index in [0.29, 0.717) is 19.0 Å². The Morgan fingerprint density at radius 2 is 1.92 bits per heavy atom. The number of likely N-dealkylation sites (tertiary alicyclic amines) is 2. The van der Waals surface area contributed by atoms with E-state index < -0.39 is 0 Å². The van der Waals surface area contributed by atoms with Gasteiger partial charge in [-0.2, -0.15) is 0 Å². The van der Waals surface area contributed by atoms with Crippen molar-refractivity contribution in [1.82, 2.24) is 15.1 Å². The zero-order valence-electron chi connectivity index (χ0n) is 13.3. The zero-order chi connectivity index (χ0) is 16.7. The highest BCUT2D eigenvalue weighted by molar-refractivity contribution is 9.10. The number of hydrogen-bond donors (Lipinski definition) is 1. The molecule has 0 radical (unpaired) electrons. The second kappa shape index (κ2) is 6.37. The maximum Gasteiger partial charge on any atom is 0.320 e. The van der Waals surface area contributed by atoms with E-state index in [0.717, 1.165) is 24.0 Å². The fourth-order valence-electron chi connectivity index (χ4n) is 3.65. The Kier molecular flexibility index (Phi) is 4.22. The van der Waals surface area contributed by atoms with Crippen molar-refractivity contribution < 1.29 is 14.3 Å². The fourth-order valence-corrected chi connectivity index (χ4v) is 3.92. The number of benzene rings is 1. The average Bonchev–Trinajstić information content (AvgIpc) is 2.54. The predicted octanol–water partition coefficient (Wildman–Crippen LogP) is 1.56. The molecular formula is C17H20BrN3O3. The van der Waals surface area contributed by atoms with Gasteiger partial charge in [-0.05, 0) is 24.1 Å². The highest BCUT2D eigenvalue weighted by Gasteiger charge is 2.40. The Balaban J connectivity index is 1.32. The largest absolute Gasteiger partial charge is 0.366 e. The summed E-state index contributed by atoms with van der Waals surface area (Å²) in [7, 11) is 0. The van der Waals surface area contributed by atoms with Crippen LogP contribution >= 0.6 is 15.9 Å². The molecule has 0 spiro atoms. The molecule has 2 atom stereocenters. The van der Waals surface area contributed by atoms with Crippen LogP contribution < -0.4 is 5.32 Å². The van der Waals surface area contributed by atoms with Gasteiger partial charge < -0.3 is 19.9 Å². The molecule has 1 aromatic rings. The summed E-state index contributed by atoms with van der Waals surface area (Å²) in [4.78, 5) is 27.9. The van der Waals surface area contributed by atoms with Gasteiger partial charge in [0.15, 0.2) is 0 Å². The Hall–Kier alpha value is -1.60. The normalized spacial score (nSPS) is 27.3. The van der Waals surface area contributed by atoms with Gasteiger partial charge in [0.25, 0.3) is 0 Å². The van der Waals surface area contributed by atoms with Gasteiger partial charge in [-0.15, -0.1) is 0 Å². The number of halogens is 1. The minimum Gasteiger partial charge on any atom is -0.366 e. The molecule has 1 aromatic carbocycles. The zero-order valence-corrected chi connectivity index (χ0v) is 14.9. The van der Waals surface area contributed by atoms with Crippen molar-refractivity contribution in [1.29, 1.82) is 0 Å². The fraction of sp³-hybridized carbons (Fsp3) is 0.529. The summed E-state index contributed by atoms with van der Waals surface area (Å²) in [5, 5.41) is 2.94. The monoisotopic (exact) mass is 393 g/mol. The number of ether oxygens (including phenoxy) is 1. The van der Waals surface area contributed by atoms with Crippen molar-refractivity contribution in [3.63, 3.8) is 0 Å². The van der Waals surface area contributed by atoms with Gasteiger partial charge in [-0.3, -0.25) is 4.79 Å². The first-order valence-electron chi connectivity index (χ1n) is 8.30. The molecule has 6 nitrogen and oxygen atoms in total. The van der Waals surface area contributed by atoms with Gasteiger partial charge in [0.1, 0.15) is 6.61 Å². The molecule has 128 valence electrons. The lowest BCUT2D eigenvalue weighted by molar-refractivity contribution is -0.139. The third-order valence-electron chi connectivity index (χ3n) is 5.09. The topological polar surface area (TPSA) is 61.9 Å². The predicted molar refractivity (Wildman–Crippen MR) is 91.7 cm³/mol. The summed E-state index contributed by atoms with van der Waals surface area (Å²) in [5.74, 6) is 0.321. The van der Waals surface area contributed by atoms with Gasteiger partial charge in [0, 0.05) is 36.6 Å². The number of nitrogens with one attached hydrogen (secondary N) is 1. The van der Waals surface area contributed by atoms with E-state index in [2.05, 4.69) is 33.4 Å². The van der Waals surface area contributed by atoms with Gasteiger partial charge >= 0.3 is 6.03 Å². The van der Waals surface area contributed by atoms with Crippen LogP contribution in [0.5, 0.6) is 0 Å². The molecule has 3 aliphatic heterocycles. The second-order valence-electron chi connectivity index (χ2n) is 6.69. The Bertz CT molecular complexity index is 645. The number of carbonyl (C=O) groups is 2. The number of piperidine rings is 1. The van der Waals surface area contributed by atoms with Gasteiger partial charge in [-0.25, -0.2) is 4.79 Å². The molecule has 4 rings (SSSR count). The molecule has 7 heteroatoms. The summed E-state index contributed by atoms with van der Waals surface area (Å²) in [6.45, 7) is 2.88. The summed E-state index contributed by atoms with van der Waals surface area (Å²) in [6.07, 6.45) is 0.819. The Morgan fingerprint density at radius 1 is 1.17 bits per heavy atom. The summed E-state index contributed by atoms with van der Waals surface area (Å²) < 4.78 is 6.61. The molecule has 3 amide bonds. The number of nitrogens with zero attached hydrogens (tertiary/aromatic N) is 2. The van der Waals surface area contributed by atoms with E-state index in [-0.39, 0.29) is 30.7 Å². The summed E-state index contributed by atoms with van der Waals surface area (Å²) in [6, 6.07) is 8.29. The molecule has 0 aromatic heterocycles. The van der Waals surface area contributed by atoms with Crippen LogP contribution in [0.2, 0.25) is 0 Å². The van der Waals surface area contributed by atoms with Crippen LogP contribution in [0.15, 0.2) is 28.7 Å². The van der Waals surface area contributed by atoms with Crippen LogP contribution in [0.4, 0.5) is 4.79 Å². The quantitative estimate of drug-likeness (QED) is 0.787. The van der Waals surface area contributed by atoms with Crippen LogP contribution in [-0.4, -0.2) is 66.7 Å². The van der Waals surface area contributed by atoms with E-state index in [4.69, 9.17) is 4.74 Å². The summed E-state index contributed by atoms with van der Waals surface area (Å²) in [5.41, 5.74) is 1.27. The number of hydrogen-bond acceptors (Lipinski definition) is 3. The second-order valence-corrected chi connectivity index (χ2v) is 7.61. The summed E-state index contributed by atoms with van der Waals surface area (Å²) >= 11 is 3.44. The number of rotatable bonds is 1. The number of carbonyl (C=O) groups excluding carboxylic acids is 2. The molecular weight excluding hydrogens is 374 g/mol. The van der Waals surface area contributed by atoms with Crippen LogP contribution in [0.25, 0.3) is 0 Å². The van der Waals surface area contributed by atoms with Crippen molar-refractivity contribution >= 4 is 27.9 Å². The molecule has 1 N–H and O–H groups in total. The lowest BCUT2D eigenvalue weighted by atomic mass is 9.91. The van der Waals surface area contributed by atoms with E-state index >= 15 is 0 Å². The van der Waals surface area contributed by atoms with Crippen LogP contribution in [0.3, 0.4) is 0 Å². The van der Waals surface area contributed by atoms with E-state index in [9.17, 15) is 9.59 Å². The van der Waals surface area contributed by atoms with E-state index in [1.54, 1.807) is 0 Å². The third-order valence-corrected chi connectivity index (χ3v) is 5.62. The van der Waals surface area contributed by atoms with Crippen molar-refractivity contribution in [2.75, 3.05) is 32.8 Å². The first-order chi connectivity index (χ1) is 11.6. The smallest absolute Gasteiger partial charge is 0.320 e. The van der Waals surface area contributed by atoms with Gasteiger partial charge in [0.2, 0.25) is 5.91 Å². The average molecular weight is 394 g/mol. The highest BCUT2D eigenvalue weighted by Crippen LogP contribution is 2.29. The van der Waals surface area contributed by atoms with Crippen LogP contribution in [0, 0.1) is 0 Å². The van der Waals surface area contributed by atoms with E-state index in [1.807, 2.05) is 21.9 Å². The minimum absolute atomic E-state index is 0.0404. The maximum atomic E-state index is 12.7. The van der Waals surface area contributed by atoms with Crippen molar-refractivity contribution in [2.24, 2.45) is 0 Å².